The van der Waals surface area contributed by atoms with Gasteiger partial charge >= 0.3 is 0 Å². The van der Waals surface area contributed by atoms with E-state index in [1.165, 1.54) is 25.7 Å². The number of furan rings is 1. The van der Waals surface area contributed by atoms with Crippen molar-refractivity contribution in [3.63, 3.8) is 0 Å². The summed E-state index contributed by atoms with van der Waals surface area (Å²) >= 11 is 0. The summed E-state index contributed by atoms with van der Waals surface area (Å²) in [6.07, 6.45) is 2.36. The lowest BCUT2D eigenvalue weighted by molar-refractivity contribution is 0.168. The summed E-state index contributed by atoms with van der Waals surface area (Å²) in [5.74, 6) is 0.278. The molecule has 0 aliphatic carbocycles. The molecule has 0 aliphatic heterocycles. The molecule has 0 aliphatic rings. The van der Waals surface area contributed by atoms with Crippen LogP contribution >= 0.6 is 0 Å². The largest absolute Gasteiger partial charge is 0.495 e. The van der Waals surface area contributed by atoms with Gasteiger partial charge in [0.25, 0.3) is 0 Å². The minimum Gasteiger partial charge on any atom is -0.495 e. The van der Waals surface area contributed by atoms with E-state index >= 15 is 0 Å². The van der Waals surface area contributed by atoms with E-state index in [9.17, 15) is 13.5 Å². The molecule has 0 spiro atoms. The molecule has 2 N–H and O–H groups in total. The molecule has 1 heterocycles. The summed E-state index contributed by atoms with van der Waals surface area (Å²) in [5.41, 5.74) is 0.617. The van der Waals surface area contributed by atoms with Gasteiger partial charge in [-0.05, 0) is 24.6 Å². The van der Waals surface area contributed by atoms with Gasteiger partial charge in [-0.3, -0.25) is 0 Å². The second kappa shape index (κ2) is 6.75. The van der Waals surface area contributed by atoms with Crippen molar-refractivity contribution >= 4 is 10.0 Å². The highest BCUT2D eigenvalue weighted by molar-refractivity contribution is 7.89. The van der Waals surface area contributed by atoms with Crippen molar-refractivity contribution in [2.24, 2.45) is 0 Å². The van der Waals surface area contributed by atoms with Crippen LogP contribution in [-0.2, 0) is 10.0 Å². The van der Waals surface area contributed by atoms with E-state index in [0.29, 0.717) is 5.56 Å². The first-order chi connectivity index (χ1) is 10.0. The fourth-order valence-corrected chi connectivity index (χ4v) is 3.10. The van der Waals surface area contributed by atoms with Gasteiger partial charge in [0, 0.05) is 12.1 Å². The highest BCUT2D eigenvalue weighted by atomic mass is 32.2. The smallest absolute Gasteiger partial charge is 0.244 e. The SMILES string of the molecule is COc1ccccc1S(=O)(=O)NCCC(O)c1ccoc1. The number of aliphatic hydroxyl groups excluding tert-OH is 1. The maximum absolute atomic E-state index is 12.2. The molecule has 7 heteroatoms. The Morgan fingerprint density at radius 2 is 2.10 bits per heavy atom. The second-order valence-corrected chi connectivity index (χ2v) is 6.15. The van der Waals surface area contributed by atoms with Crippen LogP contribution in [0.3, 0.4) is 0 Å². The third-order valence-electron chi connectivity index (χ3n) is 3.00. The van der Waals surface area contributed by atoms with Gasteiger partial charge in [-0.2, -0.15) is 0 Å². The second-order valence-electron chi connectivity index (χ2n) is 4.41. The fraction of sp³-hybridized carbons (Fsp3) is 0.286. The van der Waals surface area contributed by atoms with Crippen LogP contribution in [0.2, 0.25) is 0 Å². The molecule has 21 heavy (non-hydrogen) atoms. The van der Waals surface area contributed by atoms with E-state index in [1.807, 2.05) is 0 Å². The summed E-state index contributed by atoms with van der Waals surface area (Å²) < 4.78 is 36.7. The molecule has 0 radical (unpaired) electrons. The molecule has 0 fully saturated rings. The van der Waals surface area contributed by atoms with Gasteiger partial charge in [-0.15, -0.1) is 0 Å². The van der Waals surface area contributed by atoms with Crippen molar-refractivity contribution in [2.75, 3.05) is 13.7 Å². The lowest BCUT2D eigenvalue weighted by Crippen LogP contribution is -2.26. The van der Waals surface area contributed by atoms with Crippen molar-refractivity contribution in [3.8, 4) is 5.75 Å². The summed E-state index contributed by atoms with van der Waals surface area (Å²) in [4.78, 5) is 0.0744. The van der Waals surface area contributed by atoms with Crippen LogP contribution in [0.1, 0.15) is 18.1 Å². The molecule has 0 saturated heterocycles. The molecule has 6 nitrogen and oxygen atoms in total. The number of methoxy groups -OCH3 is 1. The van der Waals surface area contributed by atoms with Gasteiger partial charge in [0.05, 0.1) is 25.7 Å². The zero-order chi connectivity index (χ0) is 15.3. The number of hydrogen-bond acceptors (Lipinski definition) is 5. The van der Waals surface area contributed by atoms with E-state index in [1.54, 1.807) is 24.3 Å². The average Bonchev–Trinajstić information content (AvgIpc) is 3.01. The van der Waals surface area contributed by atoms with Crippen molar-refractivity contribution in [2.45, 2.75) is 17.4 Å². The van der Waals surface area contributed by atoms with Crippen LogP contribution in [0.4, 0.5) is 0 Å². The number of sulfonamides is 1. The molecule has 2 rings (SSSR count). The maximum Gasteiger partial charge on any atom is 0.244 e. The monoisotopic (exact) mass is 311 g/mol. The summed E-state index contributed by atoms with van der Waals surface area (Å²) in [5, 5.41) is 9.86. The summed E-state index contributed by atoms with van der Waals surface area (Å²) in [7, 11) is -2.26. The molecule has 0 amide bonds. The molecule has 0 saturated carbocycles. The van der Waals surface area contributed by atoms with Gasteiger partial charge in [0.15, 0.2) is 0 Å². The highest BCUT2D eigenvalue weighted by Gasteiger charge is 2.19. The summed E-state index contributed by atoms with van der Waals surface area (Å²) in [6.45, 7) is 0.104. The number of nitrogens with one attached hydrogen (secondary N) is 1. The standard InChI is InChI=1S/C14H17NO5S/c1-19-13-4-2-3-5-14(13)21(17,18)15-8-6-12(16)11-7-9-20-10-11/h2-5,7,9-10,12,15-16H,6,8H2,1H3. The number of benzene rings is 1. The Morgan fingerprint density at radius 1 is 1.33 bits per heavy atom. The van der Waals surface area contributed by atoms with Crippen LogP contribution in [0, 0.1) is 0 Å². The van der Waals surface area contributed by atoms with E-state index in [4.69, 9.17) is 9.15 Å². The number of ether oxygens (including phenoxy) is 1. The zero-order valence-electron chi connectivity index (χ0n) is 11.5. The van der Waals surface area contributed by atoms with E-state index < -0.39 is 16.1 Å². The maximum atomic E-state index is 12.2. The van der Waals surface area contributed by atoms with Gasteiger partial charge in [-0.25, -0.2) is 13.1 Å². The van der Waals surface area contributed by atoms with Crippen LogP contribution in [0.25, 0.3) is 0 Å². The predicted octanol–water partition coefficient (Wildman–Crippen LogP) is 1.69. The summed E-state index contributed by atoms with van der Waals surface area (Å²) in [6, 6.07) is 8.00. The Labute approximate surface area is 123 Å². The molecule has 0 bridgehead atoms. The van der Waals surface area contributed by atoms with Crippen molar-refractivity contribution in [3.05, 3.63) is 48.4 Å². The van der Waals surface area contributed by atoms with E-state index in [-0.39, 0.29) is 23.6 Å². The predicted molar refractivity (Wildman–Crippen MR) is 76.5 cm³/mol. The number of aliphatic hydroxyl groups is 1. The molecule has 1 atom stereocenters. The van der Waals surface area contributed by atoms with Crippen molar-refractivity contribution in [1.29, 1.82) is 0 Å². The van der Waals surface area contributed by atoms with Crippen molar-refractivity contribution in [1.82, 2.24) is 4.72 Å². The van der Waals surface area contributed by atoms with Gasteiger partial charge in [0.2, 0.25) is 10.0 Å². The van der Waals surface area contributed by atoms with Crippen molar-refractivity contribution < 1.29 is 22.7 Å². The Hall–Kier alpha value is -1.83. The Morgan fingerprint density at radius 3 is 2.76 bits per heavy atom. The highest BCUT2D eigenvalue weighted by Crippen LogP contribution is 2.23. The molecule has 2 aromatic rings. The first-order valence-corrected chi connectivity index (χ1v) is 7.86. The zero-order valence-corrected chi connectivity index (χ0v) is 12.3. The lowest BCUT2D eigenvalue weighted by Gasteiger charge is -2.12. The molecular formula is C14H17NO5S. The first kappa shape index (κ1) is 15.6. The van der Waals surface area contributed by atoms with Gasteiger partial charge in [0.1, 0.15) is 10.6 Å². The number of para-hydroxylation sites is 1. The fourth-order valence-electron chi connectivity index (χ4n) is 1.88. The molecule has 114 valence electrons. The molecule has 1 unspecified atom stereocenters. The van der Waals surface area contributed by atoms with E-state index in [0.717, 1.165) is 0 Å². The molecule has 1 aromatic heterocycles. The van der Waals surface area contributed by atoms with Crippen LogP contribution in [0.15, 0.2) is 52.2 Å². The normalized spacial score (nSPS) is 13.0. The van der Waals surface area contributed by atoms with Gasteiger partial charge in [-0.1, -0.05) is 12.1 Å². The van der Waals surface area contributed by atoms with E-state index in [2.05, 4.69) is 4.72 Å². The first-order valence-electron chi connectivity index (χ1n) is 6.37. The minimum atomic E-state index is -3.68. The Bertz CT molecular complexity index is 666. The minimum absolute atomic E-state index is 0.0744. The number of rotatable bonds is 7. The average molecular weight is 311 g/mol. The Balaban J connectivity index is 1.98. The number of hydrogen-bond donors (Lipinski definition) is 2. The van der Waals surface area contributed by atoms with Crippen LogP contribution < -0.4 is 9.46 Å². The van der Waals surface area contributed by atoms with Crippen LogP contribution in [0.5, 0.6) is 5.75 Å². The third-order valence-corrected chi connectivity index (χ3v) is 4.50. The topological polar surface area (TPSA) is 88.8 Å². The molecule has 1 aromatic carbocycles. The van der Waals surface area contributed by atoms with Gasteiger partial charge < -0.3 is 14.3 Å². The Kier molecular flexibility index (Phi) is 5.00. The molecular weight excluding hydrogens is 294 g/mol. The lowest BCUT2D eigenvalue weighted by atomic mass is 10.1. The third kappa shape index (κ3) is 3.84. The van der Waals surface area contributed by atoms with Crippen LogP contribution in [-0.4, -0.2) is 27.2 Å². The quantitative estimate of drug-likeness (QED) is 0.812.